The number of aryl methyl sites for hydroxylation is 1. The number of nitrogens with one attached hydrogen (secondary N) is 1. The van der Waals surface area contributed by atoms with Crippen molar-refractivity contribution in [3.63, 3.8) is 0 Å². The van der Waals surface area contributed by atoms with E-state index in [1.54, 1.807) is 22.9 Å². The number of pyridine rings is 1. The molecule has 0 bridgehead atoms. The van der Waals surface area contributed by atoms with Crippen molar-refractivity contribution in [2.45, 2.75) is 25.9 Å². The zero-order chi connectivity index (χ0) is 20.8. The fraction of sp³-hybridized carbons (Fsp3) is 0.154. The van der Waals surface area contributed by atoms with Crippen LogP contribution in [0.15, 0.2) is 95.9 Å². The van der Waals surface area contributed by atoms with Gasteiger partial charge in [-0.3, -0.25) is 9.59 Å². The summed E-state index contributed by atoms with van der Waals surface area (Å²) in [5.41, 5.74) is 3.25. The van der Waals surface area contributed by atoms with Crippen LogP contribution in [0.1, 0.15) is 23.1 Å². The summed E-state index contributed by atoms with van der Waals surface area (Å²) in [6.45, 7) is 1.04. The highest BCUT2D eigenvalue weighted by Crippen LogP contribution is 2.16. The van der Waals surface area contributed by atoms with Gasteiger partial charge < -0.3 is 9.88 Å². The molecule has 0 aliphatic carbocycles. The second-order valence-electron chi connectivity index (χ2n) is 7.44. The fourth-order valence-corrected chi connectivity index (χ4v) is 3.49. The van der Waals surface area contributed by atoms with E-state index in [1.165, 1.54) is 16.3 Å². The Morgan fingerprint density at radius 1 is 0.767 bits per heavy atom. The van der Waals surface area contributed by atoms with E-state index in [-0.39, 0.29) is 11.5 Å². The Labute approximate surface area is 175 Å². The summed E-state index contributed by atoms with van der Waals surface area (Å²) in [7, 11) is 0. The van der Waals surface area contributed by atoms with E-state index in [9.17, 15) is 9.59 Å². The molecule has 1 amide bonds. The molecule has 0 unspecified atom stereocenters. The van der Waals surface area contributed by atoms with Crippen LogP contribution in [0, 0.1) is 0 Å². The van der Waals surface area contributed by atoms with Crippen molar-refractivity contribution in [1.29, 1.82) is 0 Å². The molecule has 0 aliphatic rings. The predicted octanol–water partition coefficient (Wildman–Crippen LogP) is 4.30. The van der Waals surface area contributed by atoms with Crippen LogP contribution in [-0.4, -0.2) is 10.5 Å². The highest BCUT2D eigenvalue weighted by atomic mass is 16.1. The van der Waals surface area contributed by atoms with Crippen molar-refractivity contribution in [2.24, 2.45) is 0 Å². The smallest absolute Gasteiger partial charge is 0.250 e. The first-order chi connectivity index (χ1) is 14.7. The summed E-state index contributed by atoms with van der Waals surface area (Å²) in [6.07, 6.45) is 2.97. The first kappa shape index (κ1) is 19.6. The van der Waals surface area contributed by atoms with Crippen LogP contribution in [0.5, 0.6) is 0 Å². The van der Waals surface area contributed by atoms with E-state index in [1.807, 2.05) is 42.5 Å². The van der Waals surface area contributed by atoms with E-state index >= 15 is 0 Å². The molecule has 150 valence electrons. The van der Waals surface area contributed by atoms with Gasteiger partial charge in [-0.2, -0.15) is 0 Å². The molecule has 4 aromatic rings. The zero-order valence-electron chi connectivity index (χ0n) is 16.8. The molecule has 4 nitrogen and oxygen atoms in total. The van der Waals surface area contributed by atoms with Crippen molar-refractivity contribution in [1.82, 2.24) is 9.88 Å². The minimum Gasteiger partial charge on any atom is -0.352 e. The maximum atomic E-state index is 12.2. The van der Waals surface area contributed by atoms with Gasteiger partial charge in [0.2, 0.25) is 5.91 Å². The molecule has 0 fully saturated rings. The first-order valence-corrected chi connectivity index (χ1v) is 10.1. The van der Waals surface area contributed by atoms with Crippen LogP contribution in [0.25, 0.3) is 10.8 Å². The maximum Gasteiger partial charge on any atom is 0.250 e. The van der Waals surface area contributed by atoms with Crippen LogP contribution in [0.4, 0.5) is 0 Å². The predicted molar refractivity (Wildman–Crippen MR) is 120 cm³/mol. The third-order valence-electron chi connectivity index (χ3n) is 5.22. The number of fused-ring (bicyclic) bond motifs is 1. The maximum absolute atomic E-state index is 12.2. The van der Waals surface area contributed by atoms with Crippen LogP contribution in [0.2, 0.25) is 0 Å². The quantitative estimate of drug-likeness (QED) is 0.506. The van der Waals surface area contributed by atoms with Gasteiger partial charge in [0, 0.05) is 25.2 Å². The molecule has 3 aromatic carbocycles. The summed E-state index contributed by atoms with van der Waals surface area (Å²) in [5.74, 6) is 0.0445. The Hall–Kier alpha value is -3.66. The summed E-state index contributed by atoms with van der Waals surface area (Å²) in [4.78, 5) is 24.1. The van der Waals surface area contributed by atoms with Gasteiger partial charge >= 0.3 is 0 Å². The molecule has 0 radical (unpaired) electrons. The first-order valence-electron chi connectivity index (χ1n) is 10.1. The van der Waals surface area contributed by atoms with Crippen molar-refractivity contribution in [3.8, 4) is 0 Å². The summed E-state index contributed by atoms with van der Waals surface area (Å²) in [6, 6.07) is 27.7. The molecule has 0 aliphatic heterocycles. The molecule has 0 spiro atoms. The van der Waals surface area contributed by atoms with E-state index < -0.39 is 0 Å². The largest absolute Gasteiger partial charge is 0.352 e. The monoisotopic (exact) mass is 396 g/mol. The van der Waals surface area contributed by atoms with Crippen molar-refractivity contribution in [3.05, 3.63) is 118 Å². The van der Waals surface area contributed by atoms with Gasteiger partial charge in [-0.1, -0.05) is 72.8 Å². The van der Waals surface area contributed by atoms with E-state index in [0.29, 0.717) is 19.5 Å². The number of amides is 1. The summed E-state index contributed by atoms with van der Waals surface area (Å²) in [5, 5.41) is 5.41. The number of aromatic nitrogens is 1. The second kappa shape index (κ2) is 9.23. The van der Waals surface area contributed by atoms with Gasteiger partial charge in [0.1, 0.15) is 0 Å². The standard InChI is InChI=1S/C26H24N2O2/c29-25(15-13-20-12-14-23-5-1-2-6-24(23)17-20)27-18-21-8-10-22(11-9-21)19-28-16-4-3-7-26(28)30/h1-12,14,16-17H,13,15,18-19H2,(H,27,29). The Balaban J connectivity index is 1.27. The highest BCUT2D eigenvalue weighted by molar-refractivity contribution is 5.83. The van der Waals surface area contributed by atoms with Gasteiger partial charge in [-0.25, -0.2) is 0 Å². The second-order valence-corrected chi connectivity index (χ2v) is 7.44. The highest BCUT2D eigenvalue weighted by Gasteiger charge is 2.04. The molecular weight excluding hydrogens is 372 g/mol. The van der Waals surface area contributed by atoms with Gasteiger partial charge in [-0.15, -0.1) is 0 Å². The minimum atomic E-state index is -0.0137. The third kappa shape index (κ3) is 5.03. The molecule has 1 heterocycles. The van der Waals surface area contributed by atoms with Crippen molar-refractivity contribution in [2.75, 3.05) is 0 Å². The van der Waals surface area contributed by atoms with Crippen molar-refractivity contribution < 1.29 is 4.79 Å². The normalized spacial score (nSPS) is 10.8. The number of hydrogen-bond acceptors (Lipinski definition) is 2. The van der Waals surface area contributed by atoms with Gasteiger partial charge in [-0.05, 0) is 39.9 Å². The van der Waals surface area contributed by atoms with Gasteiger partial charge in [0.15, 0.2) is 0 Å². The molecule has 0 saturated carbocycles. The lowest BCUT2D eigenvalue weighted by Gasteiger charge is -2.08. The molecular formula is C26H24N2O2. The molecule has 30 heavy (non-hydrogen) atoms. The molecule has 4 heteroatoms. The van der Waals surface area contributed by atoms with Crippen LogP contribution < -0.4 is 10.9 Å². The van der Waals surface area contributed by atoms with E-state index in [0.717, 1.165) is 17.5 Å². The average Bonchev–Trinajstić information content (AvgIpc) is 2.78. The number of carbonyl (C=O) groups excluding carboxylic acids is 1. The molecule has 1 N–H and O–H groups in total. The average molecular weight is 396 g/mol. The Bertz CT molecular complexity index is 1210. The lowest BCUT2D eigenvalue weighted by molar-refractivity contribution is -0.121. The fourth-order valence-electron chi connectivity index (χ4n) is 3.49. The zero-order valence-corrected chi connectivity index (χ0v) is 16.8. The number of carbonyl (C=O) groups is 1. The SMILES string of the molecule is O=C(CCc1ccc2ccccc2c1)NCc1ccc(Cn2ccccc2=O)cc1. The Kier molecular flexibility index (Phi) is 6.04. The Morgan fingerprint density at radius 2 is 1.47 bits per heavy atom. The third-order valence-corrected chi connectivity index (χ3v) is 5.22. The minimum absolute atomic E-state index is 0.0137. The number of rotatable bonds is 7. The molecule has 1 aromatic heterocycles. The lowest BCUT2D eigenvalue weighted by atomic mass is 10.0. The van der Waals surface area contributed by atoms with Gasteiger partial charge in [0.25, 0.3) is 5.56 Å². The van der Waals surface area contributed by atoms with Crippen LogP contribution in [0.3, 0.4) is 0 Å². The van der Waals surface area contributed by atoms with Gasteiger partial charge in [0.05, 0.1) is 6.54 Å². The molecule has 4 rings (SSSR count). The number of hydrogen-bond donors (Lipinski definition) is 1. The molecule has 0 saturated heterocycles. The lowest BCUT2D eigenvalue weighted by Crippen LogP contribution is -2.23. The van der Waals surface area contributed by atoms with E-state index in [2.05, 4.69) is 35.6 Å². The summed E-state index contributed by atoms with van der Waals surface area (Å²) >= 11 is 0. The van der Waals surface area contributed by atoms with Crippen LogP contribution in [-0.2, 0) is 24.3 Å². The Morgan fingerprint density at radius 3 is 2.27 bits per heavy atom. The van der Waals surface area contributed by atoms with E-state index in [4.69, 9.17) is 0 Å². The van der Waals surface area contributed by atoms with Crippen molar-refractivity contribution >= 4 is 16.7 Å². The topological polar surface area (TPSA) is 51.1 Å². The molecule has 0 atom stereocenters. The number of nitrogens with zero attached hydrogens (tertiary/aromatic N) is 1. The van der Waals surface area contributed by atoms with Crippen LogP contribution >= 0.6 is 0 Å². The number of benzene rings is 3. The summed E-state index contributed by atoms with van der Waals surface area (Å²) < 4.78 is 1.67.